The average Bonchev–Trinajstić information content (AvgIpc) is 3.09. The van der Waals surface area contributed by atoms with Crippen molar-refractivity contribution in [1.82, 2.24) is 0 Å². The van der Waals surface area contributed by atoms with Gasteiger partial charge in [-0.1, -0.05) is 12.1 Å². The number of benzene rings is 2. The summed E-state index contributed by atoms with van der Waals surface area (Å²) in [5.74, 6) is 1.37. The first-order valence-corrected chi connectivity index (χ1v) is 8.57. The van der Waals surface area contributed by atoms with E-state index in [4.69, 9.17) is 9.47 Å². The molecular formula is C20H23N2O4+. The topological polar surface area (TPSA) is 69.1 Å². The zero-order chi connectivity index (χ0) is 18.7. The van der Waals surface area contributed by atoms with Crippen molar-refractivity contribution in [2.45, 2.75) is 26.4 Å². The standard InChI is InChI=1S/C20H22N2O4/c1-13(20(24)21-17-6-4-5-16(10-17)14(2)23)22(3)11-15-7-8-18-19(9-15)26-12-25-18/h4-10,13H,11-12H2,1-3H3,(H,21,24)/p+1/t13-/m0/s1. The van der Waals surface area contributed by atoms with Gasteiger partial charge in [-0.3, -0.25) is 9.59 Å². The highest BCUT2D eigenvalue weighted by atomic mass is 16.7. The first-order valence-electron chi connectivity index (χ1n) is 8.57. The number of likely N-dealkylation sites (N-methyl/N-ethyl adjacent to an activating group) is 1. The molecule has 6 heteroatoms. The maximum atomic E-state index is 12.6. The van der Waals surface area contributed by atoms with E-state index in [1.54, 1.807) is 24.3 Å². The molecule has 1 heterocycles. The molecule has 1 aliphatic heterocycles. The normalized spacial score (nSPS) is 14.6. The maximum absolute atomic E-state index is 12.6. The molecular weight excluding hydrogens is 332 g/mol. The molecule has 1 amide bonds. The largest absolute Gasteiger partial charge is 0.454 e. The van der Waals surface area contributed by atoms with E-state index in [2.05, 4.69) is 5.32 Å². The van der Waals surface area contributed by atoms with Crippen LogP contribution in [0.5, 0.6) is 11.5 Å². The monoisotopic (exact) mass is 355 g/mol. The number of hydrogen-bond acceptors (Lipinski definition) is 4. The number of quaternary nitrogens is 1. The van der Waals surface area contributed by atoms with Crippen LogP contribution in [0, 0.1) is 0 Å². The lowest BCUT2D eigenvalue weighted by atomic mass is 10.1. The summed E-state index contributed by atoms with van der Waals surface area (Å²) in [6, 6.07) is 12.5. The smallest absolute Gasteiger partial charge is 0.282 e. The number of hydrogen-bond donors (Lipinski definition) is 2. The van der Waals surface area contributed by atoms with Gasteiger partial charge in [0.25, 0.3) is 5.91 Å². The van der Waals surface area contributed by atoms with Crippen molar-refractivity contribution < 1.29 is 24.0 Å². The Morgan fingerprint density at radius 1 is 1.15 bits per heavy atom. The SMILES string of the molecule is CC(=O)c1cccc(NC(=O)[C@H](C)[NH+](C)Cc2ccc3c(c2)OCO3)c1. The lowest BCUT2D eigenvalue weighted by Gasteiger charge is -2.21. The molecule has 1 aliphatic rings. The number of nitrogens with one attached hydrogen (secondary N) is 2. The van der Waals surface area contributed by atoms with E-state index >= 15 is 0 Å². The Morgan fingerprint density at radius 3 is 2.69 bits per heavy atom. The van der Waals surface area contributed by atoms with Crippen LogP contribution in [0.25, 0.3) is 0 Å². The highest BCUT2D eigenvalue weighted by Gasteiger charge is 2.23. The van der Waals surface area contributed by atoms with E-state index in [0.29, 0.717) is 17.8 Å². The first kappa shape index (κ1) is 17.9. The number of amides is 1. The average molecular weight is 355 g/mol. The summed E-state index contributed by atoms with van der Waals surface area (Å²) in [6.07, 6.45) is 0. The Morgan fingerprint density at radius 2 is 1.92 bits per heavy atom. The van der Waals surface area contributed by atoms with Crippen molar-refractivity contribution in [2.24, 2.45) is 0 Å². The van der Waals surface area contributed by atoms with Crippen molar-refractivity contribution in [2.75, 3.05) is 19.2 Å². The summed E-state index contributed by atoms with van der Waals surface area (Å²) in [5, 5.41) is 2.89. The zero-order valence-electron chi connectivity index (χ0n) is 15.2. The van der Waals surface area contributed by atoms with Gasteiger partial charge in [-0.2, -0.15) is 0 Å². The highest BCUT2D eigenvalue weighted by molar-refractivity contribution is 5.97. The second-order valence-corrected chi connectivity index (χ2v) is 6.56. The molecule has 136 valence electrons. The summed E-state index contributed by atoms with van der Waals surface area (Å²) in [5.41, 5.74) is 2.28. The fraction of sp³-hybridized carbons (Fsp3) is 0.300. The second-order valence-electron chi connectivity index (χ2n) is 6.56. The molecule has 26 heavy (non-hydrogen) atoms. The zero-order valence-corrected chi connectivity index (χ0v) is 15.2. The van der Waals surface area contributed by atoms with Crippen LogP contribution in [0.2, 0.25) is 0 Å². The third kappa shape index (κ3) is 4.03. The molecule has 0 aromatic heterocycles. The quantitative estimate of drug-likeness (QED) is 0.774. The Labute approximate surface area is 152 Å². The molecule has 0 saturated heterocycles. The van der Waals surface area contributed by atoms with E-state index in [0.717, 1.165) is 22.0 Å². The van der Waals surface area contributed by atoms with Gasteiger partial charge < -0.3 is 19.7 Å². The fourth-order valence-corrected chi connectivity index (χ4v) is 2.82. The summed E-state index contributed by atoms with van der Waals surface area (Å²) < 4.78 is 10.7. The fourth-order valence-electron chi connectivity index (χ4n) is 2.82. The van der Waals surface area contributed by atoms with Gasteiger partial charge in [0.15, 0.2) is 23.3 Å². The van der Waals surface area contributed by atoms with Crippen LogP contribution in [0.3, 0.4) is 0 Å². The van der Waals surface area contributed by atoms with Crippen LogP contribution in [-0.4, -0.2) is 31.6 Å². The van der Waals surface area contributed by atoms with Crippen LogP contribution in [0.15, 0.2) is 42.5 Å². The van der Waals surface area contributed by atoms with E-state index in [-0.39, 0.29) is 24.5 Å². The van der Waals surface area contributed by atoms with Gasteiger partial charge in [-0.15, -0.1) is 0 Å². The minimum atomic E-state index is -0.263. The number of rotatable bonds is 6. The molecule has 2 atom stereocenters. The molecule has 0 radical (unpaired) electrons. The third-order valence-electron chi connectivity index (χ3n) is 4.59. The van der Waals surface area contributed by atoms with Crippen LogP contribution < -0.4 is 19.7 Å². The van der Waals surface area contributed by atoms with Crippen LogP contribution >= 0.6 is 0 Å². The Balaban J connectivity index is 1.62. The summed E-state index contributed by atoms with van der Waals surface area (Å²) in [4.78, 5) is 25.1. The first-order chi connectivity index (χ1) is 12.4. The number of anilines is 1. The molecule has 3 rings (SSSR count). The van der Waals surface area contributed by atoms with Crippen molar-refractivity contribution in [1.29, 1.82) is 0 Å². The van der Waals surface area contributed by atoms with E-state index in [1.165, 1.54) is 6.92 Å². The molecule has 2 aromatic carbocycles. The van der Waals surface area contributed by atoms with E-state index in [1.807, 2.05) is 32.2 Å². The van der Waals surface area contributed by atoms with Crippen LogP contribution in [0.1, 0.15) is 29.8 Å². The Hall–Kier alpha value is -2.86. The van der Waals surface area contributed by atoms with Crippen molar-refractivity contribution >= 4 is 17.4 Å². The van der Waals surface area contributed by atoms with Gasteiger partial charge in [-0.25, -0.2) is 0 Å². The van der Waals surface area contributed by atoms with Crippen molar-refractivity contribution in [3.05, 3.63) is 53.6 Å². The molecule has 1 unspecified atom stereocenters. The lowest BCUT2D eigenvalue weighted by Crippen LogP contribution is -3.12. The number of ketones is 1. The highest BCUT2D eigenvalue weighted by Crippen LogP contribution is 2.32. The van der Waals surface area contributed by atoms with Gasteiger partial charge in [0.2, 0.25) is 6.79 Å². The molecule has 2 N–H and O–H groups in total. The van der Waals surface area contributed by atoms with E-state index < -0.39 is 0 Å². The van der Waals surface area contributed by atoms with Crippen LogP contribution in [0.4, 0.5) is 5.69 Å². The second kappa shape index (κ2) is 7.58. The van der Waals surface area contributed by atoms with Crippen molar-refractivity contribution in [3.8, 4) is 11.5 Å². The molecule has 0 spiro atoms. The van der Waals surface area contributed by atoms with Crippen LogP contribution in [-0.2, 0) is 11.3 Å². The van der Waals surface area contributed by atoms with Gasteiger partial charge in [-0.05, 0) is 44.2 Å². The number of fused-ring (bicyclic) bond motifs is 1. The van der Waals surface area contributed by atoms with Crippen molar-refractivity contribution in [3.63, 3.8) is 0 Å². The molecule has 2 aromatic rings. The van der Waals surface area contributed by atoms with Gasteiger partial charge in [0, 0.05) is 16.8 Å². The lowest BCUT2D eigenvalue weighted by molar-refractivity contribution is -0.907. The number of ether oxygens (including phenoxy) is 2. The molecule has 6 nitrogen and oxygen atoms in total. The predicted molar refractivity (Wildman–Crippen MR) is 97.7 cm³/mol. The number of Topliss-reactive ketones (excluding diaryl/α,β-unsaturated/α-hetero) is 1. The Kier molecular flexibility index (Phi) is 5.23. The van der Waals surface area contributed by atoms with E-state index in [9.17, 15) is 9.59 Å². The number of carbonyl (C=O) groups excluding carboxylic acids is 2. The molecule has 0 fully saturated rings. The molecule has 0 bridgehead atoms. The maximum Gasteiger partial charge on any atom is 0.282 e. The third-order valence-corrected chi connectivity index (χ3v) is 4.59. The molecule has 0 aliphatic carbocycles. The summed E-state index contributed by atoms with van der Waals surface area (Å²) in [6.45, 7) is 4.32. The Bertz CT molecular complexity index is 834. The predicted octanol–water partition coefficient (Wildman–Crippen LogP) is 1.66. The van der Waals surface area contributed by atoms with Gasteiger partial charge in [0.05, 0.1) is 7.05 Å². The van der Waals surface area contributed by atoms with Gasteiger partial charge in [0.1, 0.15) is 6.54 Å². The minimum Gasteiger partial charge on any atom is -0.454 e. The minimum absolute atomic E-state index is 0.0281. The number of carbonyl (C=O) groups is 2. The molecule has 0 saturated carbocycles. The summed E-state index contributed by atoms with van der Waals surface area (Å²) in [7, 11) is 1.97. The van der Waals surface area contributed by atoms with Gasteiger partial charge >= 0.3 is 0 Å². The summed E-state index contributed by atoms with van der Waals surface area (Å²) >= 11 is 0.